The molecule has 2 aromatic rings. The van der Waals surface area contributed by atoms with Crippen molar-refractivity contribution in [3.63, 3.8) is 0 Å². The number of nitrogens with zero attached hydrogens (tertiary/aromatic N) is 1. The van der Waals surface area contributed by atoms with Crippen LogP contribution in [0.25, 0.3) is 0 Å². The van der Waals surface area contributed by atoms with Crippen LogP contribution in [0.15, 0.2) is 18.5 Å². The Morgan fingerprint density at radius 1 is 1.22 bits per heavy atom. The number of rotatable bonds is 5. The fraction of sp³-hybridized carbons (Fsp3) is 0.368. The van der Waals surface area contributed by atoms with Gasteiger partial charge in [-0.25, -0.2) is 9.59 Å². The van der Waals surface area contributed by atoms with Gasteiger partial charge in [0.05, 0.1) is 23.3 Å². The molecule has 0 radical (unpaired) electrons. The number of nitrogens with one attached hydrogen (secondary N) is 1. The highest BCUT2D eigenvalue weighted by atomic mass is 32.1. The number of hydrogen-bond donors (Lipinski definition) is 2. The summed E-state index contributed by atoms with van der Waals surface area (Å²) < 4.78 is 5.20. The van der Waals surface area contributed by atoms with Crippen LogP contribution in [-0.2, 0) is 17.6 Å². The van der Waals surface area contributed by atoms with Crippen molar-refractivity contribution in [3.8, 4) is 0 Å². The van der Waals surface area contributed by atoms with Crippen molar-refractivity contribution < 1.29 is 24.2 Å². The molecule has 2 aromatic heterocycles. The molecule has 1 aliphatic rings. The van der Waals surface area contributed by atoms with Gasteiger partial charge in [-0.15, -0.1) is 11.3 Å². The number of hydrogen-bond acceptors (Lipinski definition) is 6. The van der Waals surface area contributed by atoms with Crippen LogP contribution in [0.1, 0.15) is 67.7 Å². The highest BCUT2D eigenvalue weighted by Crippen LogP contribution is 2.38. The number of pyridine rings is 1. The number of anilines is 1. The van der Waals surface area contributed by atoms with E-state index in [-0.39, 0.29) is 17.7 Å². The third-order valence-electron chi connectivity index (χ3n) is 4.42. The number of amides is 1. The summed E-state index contributed by atoms with van der Waals surface area (Å²) >= 11 is 1.37. The van der Waals surface area contributed by atoms with Crippen LogP contribution in [0, 0.1) is 0 Å². The summed E-state index contributed by atoms with van der Waals surface area (Å²) in [7, 11) is 0. The molecule has 3 rings (SSSR count). The second-order valence-corrected chi connectivity index (χ2v) is 7.27. The van der Waals surface area contributed by atoms with E-state index in [0.29, 0.717) is 10.6 Å². The number of carboxylic acid groups (broad SMARTS) is 1. The summed E-state index contributed by atoms with van der Waals surface area (Å²) in [6.45, 7) is 1.97. The van der Waals surface area contributed by atoms with E-state index in [0.717, 1.165) is 48.7 Å². The number of fused-ring (bicyclic) bond motifs is 1. The molecule has 1 aliphatic carbocycles. The lowest BCUT2D eigenvalue weighted by Gasteiger charge is -2.09. The van der Waals surface area contributed by atoms with Gasteiger partial charge in [0.2, 0.25) is 0 Å². The third kappa shape index (κ3) is 4.00. The number of carbonyl (C=O) groups is 3. The summed E-state index contributed by atoms with van der Waals surface area (Å²) in [6, 6.07) is 1.35. The van der Waals surface area contributed by atoms with Gasteiger partial charge in [0, 0.05) is 17.3 Å². The Labute approximate surface area is 160 Å². The maximum atomic E-state index is 12.7. The highest BCUT2D eigenvalue weighted by Gasteiger charge is 2.27. The number of carboxylic acids is 1. The van der Waals surface area contributed by atoms with Crippen LogP contribution < -0.4 is 5.32 Å². The molecular weight excluding hydrogens is 368 g/mol. The van der Waals surface area contributed by atoms with Crippen LogP contribution in [-0.4, -0.2) is 34.5 Å². The number of aromatic nitrogens is 1. The molecule has 0 atom stereocenters. The molecule has 0 aromatic carbocycles. The Hall–Kier alpha value is -2.74. The van der Waals surface area contributed by atoms with Gasteiger partial charge in [-0.2, -0.15) is 0 Å². The molecule has 8 heteroatoms. The predicted molar refractivity (Wildman–Crippen MR) is 101 cm³/mol. The van der Waals surface area contributed by atoms with Crippen molar-refractivity contribution in [2.24, 2.45) is 0 Å². The third-order valence-corrected chi connectivity index (χ3v) is 5.63. The van der Waals surface area contributed by atoms with Crippen molar-refractivity contribution >= 4 is 34.2 Å². The number of aryl methyl sites for hydroxylation is 1. The molecule has 2 N–H and O–H groups in total. The molecule has 7 nitrogen and oxygen atoms in total. The molecule has 0 fully saturated rings. The van der Waals surface area contributed by atoms with Crippen LogP contribution in [0.3, 0.4) is 0 Å². The molecule has 0 saturated carbocycles. The van der Waals surface area contributed by atoms with Gasteiger partial charge in [-0.3, -0.25) is 9.78 Å². The Balaban J connectivity index is 1.98. The molecule has 0 spiro atoms. The smallest absolute Gasteiger partial charge is 0.341 e. The Morgan fingerprint density at radius 2 is 2.00 bits per heavy atom. The number of carbonyl (C=O) groups excluding carboxylic acids is 2. The Kier molecular flexibility index (Phi) is 5.85. The number of esters is 1. The zero-order valence-corrected chi connectivity index (χ0v) is 15.7. The molecule has 0 saturated heterocycles. The maximum absolute atomic E-state index is 12.7. The van der Waals surface area contributed by atoms with Gasteiger partial charge < -0.3 is 15.2 Å². The molecular formula is C19H20N2O5S. The van der Waals surface area contributed by atoms with Crippen molar-refractivity contribution in [1.82, 2.24) is 4.98 Å². The highest BCUT2D eigenvalue weighted by molar-refractivity contribution is 7.17. The first kappa shape index (κ1) is 19.0. The van der Waals surface area contributed by atoms with Gasteiger partial charge >= 0.3 is 11.9 Å². The second kappa shape index (κ2) is 8.30. The summed E-state index contributed by atoms with van der Waals surface area (Å²) in [5.74, 6) is -2.28. The molecule has 27 heavy (non-hydrogen) atoms. The first-order valence-electron chi connectivity index (χ1n) is 8.83. The molecule has 0 aliphatic heterocycles. The van der Waals surface area contributed by atoms with E-state index in [1.54, 1.807) is 6.92 Å². The molecule has 0 unspecified atom stereocenters. The number of thiophene rings is 1. The lowest BCUT2D eigenvalue weighted by atomic mass is 10.1. The predicted octanol–water partition coefficient (Wildman–Crippen LogP) is 3.54. The number of ether oxygens (including phenoxy) is 1. The van der Waals surface area contributed by atoms with Crippen molar-refractivity contribution in [1.29, 1.82) is 0 Å². The second-order valence-electron chi connectivity index (χ2n) is 6.17. The topological polar surface area (TPSA) is 106 Å². The summed E-state index contributed by atoms with van der Waals surface area (Å²) in [4.78, 5) is 41.4. The lowest BCUT2D eigenvalue weighted by molar-refractivity contribution is 0.0526. The monoisotopic (exact) mass is 388 g/mol. The van der Waals surface area contributed by atoms with E-state index in [2.05, 4.69) is 10.3 Å². The van der Waals surface area contributed by atoms with E-state index < -0.39 is 17.8 Å². The molecule has 0 bridgehead atoms. The van der Waals surface area contributed by atoms with E-state index >= 15 is 0 Å². The molecule has 1 amide bonds. The summed E-state index contributed by atoms with van der Waals surface area (Å²) in [5, 5.41) is 12.4. The van der Waals surface area contributed by atoms with Gasteiger partial charge in [-0.1, -0.05) is 6.42 Å². The summed E-state index contributed by atoms with van der Waals surface area (Å²) in [6.07, 6.45) is 7.24. The van der Waals surface area contributed by atoms with Crippen LogP contribution in [0.4, 0.5) is 5.00 Å². The minimum Gasteiger partial charge on any atom is -0.478 e. The van der Waals surface area contributed by atoms with E-state index in [1.165, 1.54) is 23.6 Å². The van der Waals surface area contributed by atoms with Gasteiger partial charge in [0.25, 0.3) is 5.91 Å². The molecule has 2 heterocycles. The fourth-order valence-electron chi connectivity index (χ4n) is 3.18. The van der Waals surface area contributed by atoms with Crippen LogP contribution in [0.2, 0.25) is 0 Å². The quantitative estimate of drug-likeness (QED) is 0.599. The molecule has 142 valence electrons. The Morgan fingerprint density at radius 3 is 2.74 bits per heavy atom. The van der Waals surface area contributed by atoms with Crippen molar-refractivity contribution in [3.05, 3.63) is 45.6 Å². The first-order chi connectivity index (χ1) is 13.0. The van der Waals surface area contributed by atoms with Gasteiger partial charge in [-0.05, 0) is 44.2 Å². The summed E-state index contributed by atoms with van der Waals surface area (Å²) in [5.41, 5.74) is 1.15. The van der Waals surface area contributed by atoms with Crippen molar-refractivity contribution in [2.45, 2.75) is 39.0 Å². The van der Waals surface area contributed by atoms with Gasteiger partial charge in [0.1, 0.15) is 5.00 Å². The zero-order valence-electron chi connectivity index (χ0n) is 14.9. The average Bonchev–Trinajstić information content (AvgIpc) is 2.82. The van der Waals surface area contributed by atoms with Crippen LogP contribution in [0.5, 0.6) is 0 Å². The fourth-order valence-corrected chi connectivity index (χ4v) is 4.46. The number of aromatic carboxylic acids is 1. The minimum absolute atomic E-state index is 0.00379. The van der Waals surface area contributed by atoms with Gasteiger partial charge in [0.15, 0.2) is 0 Å². The normalized spacial score (nSPS) is 13.4. The van der Waals surface area contributed by atoms with E-state index in [4.69, 9.17) is 4.74 Å². The van der Waals surface area contributed by atoms with E-state index in [1.807, 2.05) is 0 Å². The first-order valence-corrected chi connectivity index (χ1v) is 9.64. The standard InChI is InChI=1S/C19H20N2O5S/c1-2-26-19(25)15-12-6-4-3-5-7-14(12)27-17(15)21-16(22)11-8-9-20-10-13(11)18(23)24/h8-10H,2-7H2,1H3,(H,21,22)(H,23,24). The minimum atomic E-state index is -1.24. The van der Waals surface area contributed by atoms with Crippen molar-refractivity contribution in [2.75, 3.05) is 11.9 Å². The zero-order chi connectivity index (χ0) is 19.4. The van der Waals surface area contributed by atoms with E-state index in [9.17, 15) is 19.5 Å². The maximum Gasteiger partial charge on any atom is 0.341 e. The average molecular weight is 388 g/mol. The van der Waals surface area contributed by atoms with Crippen LogP contribution >= 0.6 is 11.3 Å². The SMILES string of the molecule is CCOC(=O)c1c(NC(=O)c2ccncc2C(=O)O)sc2c1CCCCC2. The Bertz CT molecular complexity index is 890. The largest absolute Gasteiger partial charge is 0.478 e. The lowest BCUT2D eigenvalue weighted by Crippen LogP contribution is -2.18.